The Hall–Kier alpha value is -1.40. The summed E-state index contributed by atoms with van der Waals surface area (Å²) in [4.78, 5) is 24.1. The minimum Gasteiger partial charge on any atom is -0.478 e. The first kappa shape index (κ1) is 14.0. The van der Waals surface area contributed by atoms with Crippen LogP contribution >= 0.6 is 11.3 Å². The van der Waals surface area contributed by atoms with Crippen LogP contribution in [0.2, 0.25) is 0 Å². The lowest BCUT2D eigenvalue weighted by Gasteiger charge is -2.08. The van der Waals surface area contributed by atoms with Gasteiger partial charge in [0.05, 0.1) is 11.7 Å². The van der Waals surface area contributed by atoms with Crippen LogP contribution in [0.3, 0.4) is 0 Å². The van der Waals surface area contributed by atoms with Gasteiger partial charge < -0.3 is 15.2 Å². The number of amides is 1. The van der Waals surface area contributed by atoms with Gasteiger partial charge in [0, 0.05) is 4.88 Å². The van der Waals surface area contributed by atoms with Crippen molar-refractivity contribution in [1.29, 1.82) is 0 Å². The SMILES string of the molecule is CC(C)OCC(=O)Nc1sc2c(c1C(=O)O)CCC2. The molecule has 2 N–H and O–H groups in total. The normalized spacial score (nSPS) is 13.6. The fourth-order valence-corrected chi connectivity index (χ4v) is 3.42. The number of fused-ring (bicyclic) bond motifs is 1. The predicted octanol–water partition coefficient (Wildman–Crippen LogP) is 2.30. The third kappa shape index (κ3) is 3.13. The fraction of sp³-hybridized carbons (Fsp3) is 0.538. The van der Waals surface area contributed by atoms with Crippen LogP contribution in [-0.2, 0) is 22.4 Å². The summed E-state index contributed by atoms with van der Waals surface area (Å²) in [5.74, 6) is -1.28. The van der Waals surface area contributed by atoms with Crippen molar-refractivity contribution in [1.82, 2.24) is 0 Å². The van der Waals surface area contributed by atoms with Gasteiger partial charge in [-0.1, -0.05) is 0 Å². The van der Waals surface area contributed by atoms with Gasteiger partial charge in [-0.2, -0.15) is 0 Å². The Balaban J connectivity index is 2.12. The molecule has 0 bridgehead atoms. The second-order valence-electron chi connectivity index (χ2n) is 4.77. The van der Waals surface area contributed by atoms with Crippen LogP contribution in [-0.4, -0.2) is 29.7 Å². The average molecular weight is 283 g/mol. The van der Waals surface area contributed by atoms with E-state index >= 15 is 0 Å². The number of carboxylic acid groups (broad SMARTS) is 1. The lowest BCUT2D eigenvalue weighted by Crippen LogP contribution is -2.21. The van der Waals surface area contributed by atoms with Gasteiger partial charge in [-0.05, 0) is 38.7 Å². The van der Waals surface area contributed by atoms with E-state index in [1.807, 2.05) is 13.8 Å². The molecule has 0 spiro atoms. The number of hydrogen-bond donors (Lipinski definition) is 2. The first-order valence-corrected chi connectivity index (χ1v) is 7.10. The van der Waals surface area contributed by atoms with Crippen molar-refractivity contribution < 1.29 is 19.4 Å². The van der Waals surface area contributed by atoms with E-state index in [-0.39, 0.29) is 24.2 Å². The van der Waals surface area contributed by atoms with Gasteiger partial charge in [0.2, 0.25) is 0 Å². The molecule has 1 aliphatic rings. The van der Waals surface area contributed by atoms with Crippen LogP contribution in [0.5, 0.6) is 0 Å². The Morgan fingerprint density at radius 3 is 2.79 bits per heavy atom. The van der Waals surface area contributed by atoms with Crippen molar-refractivity contribution >= 4 is 28.2 Å². The maximum Gasteiger partial charge on any atom is 0.339 e. The third-order valence-electron chi connectivity index (χ3n) is 2.94. The average Bonchev–Trinajstić information content (AvgIpc) is 2.85. The van der Waals surface area contributed by atoms with Crippen molar-refractivity contribution in [2.75, 3.05) is 11.9 Å². The van der Waals surface area contributed by atoms with Crippen LogP contribution in [0.1, 0.15) is 41.1 Å². The molecule has 1 aromatic rings. The Morgan fingerprint density at radius 1 is 1.42 bits per heavy atom. The number of thiophene rings is 1. The summed E-state index contributed by atoms with van der Waals surface area (Å²) < 4.78 is 5.20. The molecule has 0 saturated heterocycles. The van der Waals surface area contributed by atoms with Gasteiger partial charge in [-0.15, -0.1) is 11.3 Å². The number of carboxylic acids is 1. The zero-order chi connectivity index (χ0) is 14.0. The van der Waals surface area contributed by atoms with Crippen LogP contribution < -0.4 is 5.32 Å². The van der Waals surface area contributed by atoms with Crippen molar-refractivity contribution in [3.8, 4) is 0 Å². The van der Waals surface area contributed by atoms with Gasteiger partial charge >= 0.3 is 5.97 Å². The van der Waals surface area contributed by atoms with Crippen LogP contribution in [0.15, 0.2) is 0 Å². The maximum absolute atomic E-state index is 11.7. The number of aromatic carboxylic acids is 1. The largest absolute Gasteiger partial charge is 0.478 e. The van der Waals surface area contributed by atoms with E-state index in [1.54, 1.807) is 0 Å². The first-order valence-electron chi connectivity index (χ1n) is 6.28. The molecule has 0 fully saturated rings. The molecule has 0 radical (unpaired) electrons. The molecule has 1 aliphatic carbocycles. The zero-order valence-corrected chi connectivity index (χ0v) is 11.8. The minimum atomic E-state index is -0.973. The van der Waals surface area contributed by atoms with E-state index in [9.17, 15) is 14.7 Å². The van der Waals surface area contributed by atoms with Gasteiger partial charge in [-0.25, -0.2) is 4.79 Å². The molecule has 5 nitrogen and oxygen atoms in total. The van der Waals surface area contributed by atoms with E-state index in [4.69, 9.17) is 4.74 Å². The first-order chi connectivity index (χ1) is 8.99. The number of aryl methyl sites for hydroxylation is 1. The summed E-state index contributed by atoms with van der Waals surface area (Å²) in [5.41, 5.74) is 1.15. The van der Waals surface area contributed by atoms with E-state index in [0.29, 0.717) is 5.00 Å². The zero-order valence-electron chi connectivity index (χ0n) is 11.0. The number of hydrogen-bond acceptors (Lipinski definition) is 4. The maximum atomic E-state index is 11.7. The lowest BCUT2D eigenvalue weighted by atomic mass is 10.1. The number of carbonyl (C=O) groups excluding carboxylic acids is 1. The molecule has 6 heteroatoms. The molecule has 0 aliphatic heterocycles. The standard InChI is InChI=1S/C13H17NO4S/c1-7(2)18-6-10(15)14-12-11(13(16)17)8-4-3-5-9(8)19-12/h7H,3-6H2,1-2H3,(H,14,15)(H,16,17). The second-order valence-corrected chi connectivity index (χ2v) is 5.88. The minimum absolute atomic E-state index is 0.0296. The summed E-state index contributed by atoms with van der Waals surface area (Å²) in [5, 5.41) is 12.4. The molecule has 104 valence electrons. The number of anilines is 1. The van der Waals surface area contributed by atoms with Crippen LogP contribution in [0.4, 0.5) is 5.00 Å². The molecule has 0 saturated carbocycles. The number of carbonyl (C=O) groups is 2. The van der Waals surface area contributed by atoms with Gasteiger partial charge in [-0.3, -0.25) is 4.79 Å². The highest BCUT2D eigenvalue weighted by atomic mass is 32.1. The van der Waals surface area contributed by atoms with Crippen molar-refractivity contribution in [2.24, 2.45) is 0 Å². The molecule has 2 rings (SSSR count). The summed E-state index contributed by atoms with van der Waals surface area (Å²) in [7, 11) is 0. The third-order valence-corrected chi connectivity index (χ3v) is 4.14. The lowest BCUT2D eigenvalue weighted by molar-refractivity contribution is -0.121. The molecule has 1 aromatic heterocycles. The van der Waals surface area contributed by atoms with Crippen molar-refractivity contribution in [3.05, 3.63) is 16.0 Å². The highest BCUT2D eigenvalue weighted by molar-refractivity contribution is 7.17. The Morgan fingerprint density at radius 2 is 2.16 bits per heavy atom. The molecule has 1 heterocycles. The van der Waals surface area contributed by atoms with Gasteiger partial charge in [0.1, 0.15) is 11.6 Å². The Labute approximate surface area is 115 Å². The molecule has 0 atom stereocenters. The van der Waals surface area contributed by atoms with Crippen molar-refractivity contribution in [3.63, 3.8) is 0 Å². The molecule has 0 unspecified atom stereocenters. The molecule has 1 amide bonds. The van der Waals surface area contributed by atoms with E-state index in [1.165, 1.54) is 11.3 Å². The molecular formula is C13H17NO4S. The smallest absolute Gasteiger partial charge is 0.339 e. The summed E-state index contributed by atoms with van der Waals surface area (Å²) >= 11 is 1.37. The van der Waals surface area contributed by atoms with Crippen LogP contribution in [0, 0.1) is 0 Å². The van der Waals surface area contributed by atoms with E-state index < -0.39 is 5.97 Å². The monoisotopic (exact) mass is 283 g/mol. The Kier molecular flexibility index (Phi) is 4.21. The van der Waals surface area contributed by atoms with Crippen LogP contribution in [0.25, 0.3) is 0 Å². The summed E-state index contributed by atoms with van der Waals surface area (Å²) in [6, 6.07) is 0. The molecule has 0 aromatic carbocycles. The molecular weight excluding hydrogens is 266 g/mol. The highest BCUT2D eigenvalue weighted by Gasteiger charge is 2.27. The topological polar surface area (TPSA) is 75.6 Å². The summed E-state index contributed by atoms with van der Waals surface area (Å²) in [6.45, 7) is 3.63. The van der Waals surface area contributed by atoms with Gasteiger partial charge in [0.25, 0.3) is 5.91 Å². The highest BCUT2D eigenvalue weighted by Crippen LogP contribution is 2.38. The second kappa shape index (κ2) is 5.71. The Bertz CT molecular complexity index is 507. The van der Waals surface area contributed by atoms with E-state index in [0.717, 1.165) is 29.7 Å². The van der Waals surface area contributed by atoms with E-state index in [2.05, 4.69) is 5.32 Å². The number of rotatable bonds is 5. The fourth-order valence-electron chi connectivity index (χ4n) is 2.12. The quantitative estimate of drug-likeness (QED) is 0.869. The number of ether oxygens (including phenoxy) is 1. The summed E-state index contributed by atoms with van der Waals surface area (Å²) in [6.07, 6.45) is 2.65. The molecule has 19 heavy (non-hydrogen) atoms. The predicted molar refractivity (Wildman–Crippen MR) is 73.0 cm³/mol. The number of nitrogens with one attached hydrogen (secondary N) is 1. The van der Waals surface area contributed by atoms with Crippen molar-refractivity contribution in [2.45, 2.75) is 39.2 Å². The van der Waals surface area contributed by atoms with Gasteiger partial charge in [0.15, 0.2) is 0 Å².